The molecule has 2 heteroatoms. The number of rotatable bonds is 4. The highest BCUT2D eigenvalue weighted by molar-refractivity contribution is 5.65. The Morgan fingerprint density at radius 3 is 2.39 bits per heavy atom. The van der Waals surface area contributed by atoms with Crippen molar-refractivity contribution >= 4 is 0 Å². The molecule has 18 heavy (non-hydrogen) atoms. The zero-order valence-corrected chi connectivity index (χ0v) is 10.8. The van der Waals surface area contributed by atoms with Crippen molar-refractivity contribution in [2.45, 2.75) is 19.4 Å². The van der Waals surface area contributed by atoms with Crippen molar-refractivity contribution in [1.82, 2.24) is 0 Å². The van der Waals surface area contributed by atoms with Gasteiger partial charge in [-0.05, 0) is 35.2 Å². The van der Waals surface area contributed by atoms with Crippen molar-refractivity contribution in [3.63, 3.8) is 0 Å². The summed E-state index contributed by atoms with van der Waals surface area (Å²) >= 11 is 0. The third-order valence-corrected chi connectivity index (χ3v) is 3.09. The SMILES string of the molecule is CCC(O)c1ccc(-c2cccc(OC)c2)cc1. The van der Waals surface area contributed by atoms with Crippen LogP contribution in [-0.2, 0) is 0 Å². The topological polar surface area (TPSA) is 29.5 Å². The molecule has 0 aromatic heterocycles. The van der Waals surface area contributed by atoms with E-state index >= 15 is 0 Å². The maximum atomic E-state index is 9.75. The van der Waals surface area contributed by atoms with Crippen molar-refractivity contribution in [2.75, 3.05) is 7.11 Å². The fourth-order valence-corrected chi connectivity index (χ4v) is 1.94. The number of aliphatic hydroxyl groups is 1. The molecule has 0 radical (unpaired) electrons. The molecule has 0 amide bonds. The van der Waals surface area contributed by atoms with Gasteiger partial charge in [0.1, 0.15) is 5.75 Å². The Bertz CT molecular complexity index is 503. The predicted octanol–water partition coefficient (Wildman–Crippen LogP) is 3.81. The van der Waals surface area contributed by atoms with Gasteiger partial charge in [-0.25, -0.2) is 0 Å². The van der Waals surface area contributed by atoms with Gasteiger partial charge in [-0.2, -0.15) is 0 Å². The molecule has 2 aromatic carbocycles. The molecule has 94 valence electrons. The van der Waals surface area contributed by atoms with Crippen LogP contribution in [0.1, 0.15) is 25.0 Å². The highest BCUT2D eigenvalue weighted by Gasteiger charge is 2.05. The van der Waals surface area contributed by atoms with E-state index in [1.807, 2.05) is 55.5 Å². The van der Waals surface area contributed by atoms with Gasteiger partial charge in [0.2, 0.25) is 0 Å². The van der Waals surface area contributed by atoms with E-state index in [0.29, 0.717) is 0 Å². The van der Waals surface area contributed by atoms with Gasteiger partial charge in [0.25, 0.3) is 0 Å². The molecule has 1 unspecified atom stereocenters. The van der Waals surface area contributed by atoms with Crippen LogP contribution >= 0.6 is 0 Å². The molecule has 0 saturated carbocycles. The first-order valence-electron chi connectivity index (χ1n) is 6.17. The standard InChI is InChI=1S/C16H18O2/c1-3-16(17)13-9-7-12(8-10-13)14-5-4-6-15(11-14)18-2/h4-11,16-17H,3H2,1-2H3. The van der Waals surface area contributed by atoms with Gasteiger partial charge < -0.3 is 9.84 Å². The Morgan fingerprint density at radius 2 is 1.78 bits per heavy atom. The highest BCUT2D eigenvalue weighted by atomic mass is 16.5. The van der Waals surface area contributed by atoms with Gasteiger partial charge in [0.15, 0.2) is 0 Å². The molecule has 0 saturated heterocycles. The minimum atomic E-state index is -0.371. The maximum absolute atomic E-state index is 9.75. The van der Waals surface area contributed by atoms with Crippen LogP contribution in [0.3, 0.4) is 0 Å². The van der Waals surface area contributed by atoms with Crippen molar-refractivity contribution in [3.05, 3.63) is 54.1 Å². The first-order chi connectivity index (χ1) is 8.74. The molecule has 0 fully saturated rings. The van der Waals surface area contributed by atoms with Gasteiger partial charge in [0, 0.05) is 0 Å². The minimum Gasteiger partial charge on any atom is -0.497 e. The van der Waals surface area contributed by atoms with Crippen molar-refractivity contribution < 1.29 is 9.84 Å². The fraction of sp³-hybridized carbons (Fsp3) is 0.250. The molecule has 2 aromatic rings. The van der Waals surface area contributed by atoms with Crippen LogP contribution < -0.4 is 4.74 Å². The summed E-state index contributed by atoms with van der Waals surface area (Å²) in [4.78, 5) is 0. The monoisotopic (exact) mass is 242 g/mol. The van der Waals surface area contributed by atoms with E-state index in [2.05, 4.69) is 0 Å². The van der Waals surface area contributed by atoms with Crippen LogP contribution in [0.5, 0.6) is 5.75 Å². The molecule has 1 atom stereocenters. The molecule has 2 rings (SSSR count). The summed E-state index contributed by atoms with van der Waals surface area (Å²) in [7, 11) is 1.67. The molecule has 0 aliphatic rings. The summed E-state index contributed by atoms with van der Waals surface area (Å²) in [6.45, 7) is 1.97. The largest absolute Gasteiger partial charge is 0.497 e. The Balaban J connectivity index is 2.28. The molecule has 1 N–H and O–H groups in total. The van der Waals surface area contributed by atoms with Crippen LogP contribution in [0.4, 0.5) is 0 Å². The summed E-state index contributed by atoms with van der Waals surface area (Å²) in [5.74, 6) is 0.852. The van der Waals surface area contributed by atoms with Gasteiger partial charge in [-0.15, -0.1) is 0 Å². The smallest absolute Gasteiger partial charge is 0.119 e. The number of ether oxygens (including phenoxy) is 1. The third-order valence-electron chi connectivity index (χ3n) is 3.09. The van der Waals surface area contributed by atoms with E-state index in [1.54, 1.807) is 7.11 Å². The number of methoxy groups -OCH3 is 1. The molecule has 0 aliphatic heterocycles. The van der Waals surface area contributed by atoms with E-state index < -0.39 is 0 Å². The number of hydrogen-bond donors (Lipinski definition) is 1. The summed E-state index contributed by atoms with van der Waals surface area (Å²) in [6.07, 6.45) is 0.364. The number of benzene rings is 2. The molecular weight excluding hydrogens is 224 g/mol. The second-order valence-corrected chi connectivity index (χ2v) is 4.28. The van der Waals surface area contributed by atoms with Crippen LogP contribution in [0, 0.1) is 0 Å². The van der Waals surface area contributed by atoms with Gasteiger partial charge in [-0.1, -0.05) is 43.3 Å². The Labute approximate surface area is 108 Å². The summed E-state index contributed by atoms with van der Waals surface area (Å²) in [5, 5.41) is 9.75. The number of hydrogen-bond acceptors (Lipinski definition) is 2. The quantitative estimate of drug-likeness (QED) is 0.883. The first-order valence-corrected chi connectivity index (χ1v) is 6.17. The summed E-state index contributed by atoms with van der Waals surface area (Å²) < 4.78 is 5.22. The summed E-state index contributed by atoms with van der Waals surface area (Å²) in [6, 6.07) is 16.0. The lowest BCUT2D eigenvalue weighted by Crippen LogP contribution is -1.94. The van der Waals surface area contributed by atoms with Crippen molar-refractivity contribution in [3.8, 4) is 16.9 Å². The minimum absolute atomic E-state index is 0.371. The first kappa shape index (κ1) is 12.7. The highest BCUT2D eigenvalue weighted by Crippen LogP contribution is 2.25. The van der Waals surface area contributed by atoms with E-state index in [0.717, 1.165) is 28.9 Å². The van der Waals surface area contributed by atoms with Crippen LogP contribution in [0.2, 0.25) is 0 Å². The molecule has 0 heterocycles. The van der Waals surface area contributed by atoms with E-state index in [4.69, 9.17) is 4.74 Å². The molecule has 0 spiro atoms. The second-order valence-electron chi connectivity index (χ2n) is 4.28. The zero-order chi connectivity index (χ0) is 13.0. The maximum Gasteiger partial charge on any atom is 0.119 e. The lowest BCUT2D eigenvalue weighted by atomic mass is 10.0. The van der Waals surface area contributed by atoms with E-state index in [-0.39, 0.29) is 6.10 Å². The number of aliphatic hydroxyl groups excluding tert-OH is 1. The summed E-state index contributed by atoms with van der Waals surface area (Å²) in [5.41, 5.74) is 3.21. The average Bonchev–Trinajstić information content (AvgIpc) is 2.46. The normalized spacial score (nSPS) is 12.2. The molecule has 0 aliphatic carbocycles. The third kappa shape index (κ3) is 2.71. The molecular formula is C16H18O2. The predicted molar refractivity (Wildman–Crippen MR) is 73.7 cm³/mol. The Morgan fingerprint density at radius 1 is 1.06 bits per heavy atom. The fourth-order valence-electron chi connectivity index (χ4n) is 1.94. The molecule has 2 nitrogen and oxygen atoms in total. The lowest BCUT2D eigenvalue weighted by molar-refractivity contribution is 0.173. The van der Waals surface area contributed by atoms with Gasteiger partial charge in [0.05, 0.1) is 13.2 Å². The lowest BCUT2D eigenvalue weighted by Gasteiger charge is -2.09. The van der Waals surface area contributed by atoms with E-state index in [9.17, 15) is 5.11 Å². The van der Waals surface area contributed by atoms with Crippen LogP contribution in [-0.4, -0.2) is 12.2 Å². The Hall–Kier alpha value is -1.80. The Kier molecular flexibility index (Phi) is 4.00. The van der Waals surface area contributed by atoms with Crippen molar-refractivity contribution in [1.29, 1.82) is 0 Å². The van der Waals surface area contributed by atoms with Crippen molar-refractivity contribution in [2.24, 2.45) is 0 Å². The van der Waals surface area contributed by atoms with Crippen LogP contribution in [0.25, 0.3) is 11.1 Å². The zero-order valence-electron chi connectivity index (χ0n) is 10.8. The van der Waals surface area contributed by atoms with Gasteiger partial charge in [-0.3, -0.25) is 0 Å². The molecule has 0 bridgehead atoms. The second kappa shape index (κ2) is 5.69. The average molecular weight is 242 g/mol. The van der Waals surface area contributed by atoms with Crippen LogP contribution in [0.15, 0.2) is 48.5 Å². The van der Waals surface area contributed by atoms with E-state index in [1.165, 1.54) is 0 Å². The van der Waals surface area contributed by atoms with Gasteiger partial charge >= 0.3 is 0 Å².